The van der Waals surface area contributed by atoms with E-state index >= 15 is 0 Å². The molecule has 1 atom stereocenters. The van der Waals surface area contributed by atoms with Crippen LogP contribution < -0.4 is 4.72 Å². The van der Waals surface area contributed by atoms with Crippen molar-refractivity contribution < 1.29 is 22.8 Å². The molecule has 1 aliphatic rings. The molecule has 0 aliphatic heterocycles. The van der Waals surface area contributed by atoms with E-state index in [0.717, 1.165) is 25.0 Å². The van der Waals surface area contributed by atoms with Gasteiger partial charge in [-0.25, -0.2) is 13.1 Å². The lowest BCUT2D eigenvalue weighted by Gasteiger charge is -2.11. The van der Waals surface area contributed by atoms with Crippen LogP contribution >= 0.6 is 0 Å². The van der Waals surface area contributed by atoms with Gasteiger partial charge in [-0.3, -0.25) is 10.1 Å². The van der Waals surface area contributed by atoms with E-state index in [0.29, 0.717) is 6.07 Å². The molecular formula is C11H13FN2O5S. The highest BCUT2D eigenvalue weighted by Gasteiger charge is 2.30. The Balaban J connectivity index is 2.12. The molecule has 0 aromatic heterocycles. The number of nitrogens with one attached hydrogen (secondary N) is 1. The fourth-order valence-corrected chi connectivity index (χ4v) is 2.79. The highest BCUT2D eigenvalue weighted by atomic mass is 32.2. The molecule has 1 aromatic rings. The van der Waals surface area contributed by atoms with Crippen molar-refractivity contribution >= 4 is 15.7 Å². The molecule has 110 valence electrons. The predicted octanol–water partition coefficient (Wildman–Crippen LogP) is 0.783. The van der Waals surface area contributed by atoms with Crippen LogP contribution in [-0.2, 0) is 10.0 Å². The van der Waals surface area contributed by atoms with Gasteiger partial charge in [0.2, 0.25) is 15.8 Å². The minimum absolute atomic E-state index is 0.103. The van der Waals surface area contributed by atoms with Gasteiger partial charge in [0.05, 0.1) is 15.9 Å². The smallest absolute Gasteiger partial charge is 0.304 e. The molecule has 1 aliphatic carbocycles. The minimum Gasteiger partial charge on any atom is -0.391 e. The van der Waals surface area contributed by atoms with E-state index in [1.807, 2.05) is 0 Å². The summed E-state index contributed by atoms with van der Waals surface area (Å²) in [5.74, 6) is -1.12. The molecule has 20 heavy (non-hydrogen) atoms. The third kappa shape index (κ3) is 3.30. The third-order valence-corrected chi connectivity index (χ3v) is 4.50. The summed E-state index contributed by atoms with van der Waals surface area (Å²) in [6.07, 6.45) is 0.942. The number of nitro benzene ring substituents is 1. The summed E-state index contributed by atoms with van der Waals surface area (Å²) >= 11 is 0. The maximum atomic E-state index is 13.4. The molecule has 0 saturated heterocycles. The number of hydrogen-bond acceptors (Lipinski definition) is 5. The average Bonchev–Trinajstić information content (AvgIpc) is 3.19. The van der Waals surface area contributed by atoms with Gasteiger partial charge in [-0.05, 0) is 24.8 Å². The van der Waals surface area contributed by atoms with E-state index < -0.39 is 37.5 Å². The molecule has 1 unspecified atom stereocenters. The van der Waals surface area contributed by atoms with Crippen LogP contribution in [0.1, 0.15) is 12.8 Å². The summed E-state index contributed by atoms with van der Waals surface area (Å²) in [4.78, 5) is 9.10. The maximum absolute atomic E-state index is 13.4. The highest BCUT2D eigenvalue weighted by Crippen LogP contribution is 2.32. The molecule has 9 heteroatoms. The van der Waals surface area contributed by atoms with E-state index in [2.05, 4.69) is 4.72 Å². The van der Waals surface area contributed by atoms with E-state index in [-0.39, 0.29) is 12.5 Å². The van der Waals surface area contributed by atoms with Gasteiger partial charge in [-0.1, -0.05) is 0 Å². The summed E-state index contributed by atoms with van der Waals surface area (Å²) in [6.45, 7) is -0.161. The van der Waals surface area contributed by atoms with Crippen molar-refractivity contribution in [1.82, 2.24) is 4.72 Å². The Labute approximate surface area is 114 Å². The Morgan fingerprint density at radius 1 is 1.50 bits per heavy atom. The second-order valence-corrected chi connectivity index (χ2v) is 6.39. The molecule has 2 N–H and O–H groups in total. The Bertz CT molecular complexity index is 630. The quantitative estimate of drug-likeness (QED) is 0.596. The van der Waals surface area contributed by atoms with Crippen LogP contribution in [-0.4, -0.2) is 31.1 Å². The van der Waals surface area contributed by atoms with Crippen LogP contribution in [0.3, 0.4) is 0 Å². The van der Waals surface area contributed by atoms with Crippen LogP contribution in [0.15, 0.2) is 23.1 Å². The number of benzene rings is 1. The predicted molar refractivity (Wildman–Crippen MR) is 67.0 cm³/mol. The maximum Gasteiger partial charge on any atom is 0.304 e. The van der Waals surface area contributed by atoms with Crippen molar-refractivity contribution in [2.45, 2.75) is 23.8 Å². The molecule has 0 heterocycles. The van der Waals surface area contributed by atoms with Crippen LogP contribution in [0, 0.1) is 21.8 Å². The van der Waals surface area contributed by atoms with Gasteiger partial charge in [-0.2, -0.15) is 4.39 Å². The van der Waals surface area contributed by atoms with Gasteiger partial charge < -0.3 is 5.11 Å². The molecule has 2 rings (SSSR count). The van der Waals surface area contributed by atoms with Crippen LogP contribution in [0.25, 0.3) is 0 Å². The number of aliphatic hydroxyl groups excluding tert-OH is 1. The summed E-state index contributed by atoms with van der Waals surface area (Å²) in [6, 6.07) is 2.33. The monoisotopic (exact) mass is 304 g/mol. The number of nitro groups is 1. The zero-order chi connectivity index (χ0) is 14.9. The lowest BCUT2D eigenvalue weighted by Crippen LogP contribution is -2.33. The second-order valence-electron chi connectivity index (χ2n) is 4.63. The van der Waals surface area contributed by atoms with Gasteiger partial charge in [-0.15, -0.1) is 0 Å². The van der Waals surface area contributed by atoms with E-state index in [1.165, 1.54) is 0 Å². The SMILES string of the molecule is O=[N+]([O-])c1ccc(S(=O)(=O)NCC(O)C2CC2)cc1F. The fourth-order valence-electron chi connectivity index (χ4n) is 1.73. The Hall–Kier alpha value is -1.58. The number of nitrogens with zero attached hydrogens (tertiary/aromatic N) is 1. The first kappa shape index (κ1) is 14.8. The van der Waals surface area contributed by atoms with Crippen molar-refractivity contribution in [2.75, 3.05) is 6.54 Å². The molecule has 0 radical (unpaired) electrons. The minimum atomic E-state index is -4.00. The number of sulfonamides is 1. The topological polar surface area (TPSA) is 110 Å². The molecule has 0 amide bonds. The molecule has 7 nitrogen and oxygen atoms in total. The average molecular weight is 304 g/mol. The van der Waals surface area contributed by atoms with Gasteiger partial charge in [0.15, 0.2) is 0 Å². The molecule has 1 aromatic carbocycles. The molecule has 0 bridgehead atoms. The first-order valence-corrected chi connectivity index (χ1v) is 7.41. The van der Waals surface area contributed by atoms with E-state index in [9.17, 15) is 28.0 Å². The molecule has 0 spiro atoms. The summed E-state index contributed by atoms with van der Waals surface area (Å²) in [7, 11) is -4.00. The largest absolute Gasteiger partial charge is 0.391 e. The van der Waals surface area contributed by atoms with E-state index in [4.69, 9.17) is 0 Å². The molecule has 1 fully saturated rings. The van der Waals surface area contributed by atoms with Crippen molar-refractivity contribution in [1.29, 1.82) is 0 Å². The normalized spacial score (nSPS) is 16.9. The molecular weight excluding hydrogens is 291 g/mol. The first-order chi connectivity index (χ1) is 9.31. The third-order valence-electron chi connectivity index (χ3n) is 3.07. The Morgan fingerprint density at radius 3 is 2.65 bits per heavy atom. The zero-order valence-electron chi connectivity index (χ0n) is 10.3. The Kier molecular flexibility index (Phi) is 4.02. The van der Waals surface area contributed by atoms with Crippen molar-refractivity contribution in [3.05, 3.63) is 34.1 Å². The lowest BCUT2D eigenvalue weighted by atomic mass is 10.2. The zero-order valence-corrected chi connectivity index (χ0v) is 11.1. The van der Waals surface area contributed by atoms with Crippen LogP contribution in [0.2, 0.25) is 0 Å². The van der Waals surface area contributed by atoms with Crippen LogP contribution in [0.5, 0.6) is 0 Å². The number of hydrogen-bond donors (Lipinski definition) is 2. The van der Waals surface area contributed by atoms with Gasteiger partial charge in [0, 0.05) is 18.7 Å². The number of aliphatic hydroxyl groups is 1. The second kappa shape index (κ2) is 5.43. The summed E-state index contributed by atoms with van der Waals surface area (Å²) in [5, 5.41) is 20.0. The highest BCUT2D eigenvalue weighted by molar-refractivity contribution is 7.89. The summed E-state index contributed by atoms with van der Waals surface area (Å²) < 4.78 is 39.3. The van der Waals surface area contributed by atoms with Gasteiger partial charge in [0.25, 0.3) is 0 Å². The number of halogens is 1. The van der Waals surface area contributed by atoms with Crippen molar-refractivity contribution in [3.63, 3.8) is 0 Å². The van der Waals surface area contributed by atoms with Crippen LogP contribution in [0.4, 0.5) is 10.1 Å². The molecule has 1 saturated carbocycles. The van der Waals surface area contributed by atoms with Gasteiger partial charge >= 0.3 is 5.69 Å². The number of rotatable bonds is 6. The fraction of sp³-hybridized carbons (Fsp3) is 0.455. The van der Waals surface area contributed by atoms with Crippen molar-refractivity contribution in [3.8, 4) is 0 Å². The Morgan fingerprint density at radius 2 is 2.15 bits per heavy atom. The van der Waals surface area contributed by atoms with E-state index in [1.54, 1.807) is 0 Å². The summed E-state index contributed by atoms with van der Waals surface area (Å²) in [5.41, 5.74) is -0.790. The first-order valence-electron chi connectivity index (χ1n) is 5.93. The van der Waals surface area contributed by atoms with Gasteiger partial charge in [0.1, 0.15) is 0 Å². The van der Waals surface area contributed by atoms with Crippen molar-refractivity contribution in [2.24, 2.45) is 5.92 Å². The lowest BCUT2D eigenvalue weighted by molar-refractivity contribution is -0.387. The standard InChI is InChI=1S/C11H13FN2O5S/c12-9-5-8(3-4-10(9)14(16)17)20(18,19)13-6-11(15)7-1-2-7/h3-5,7,11,13,15H,1-2,6H2.